The van der Waals surface area contributed by atoms with E-state index in [1.807, 2.05) is 19.9 Å². The molecule has 0 radical (unpaired) electrons. The first-order valence-electron chi connectivity index (χ1n) is 5.15. The smallest absolute Gasteiger partial charge is 0.138 e. The lowest BCUT2D eigenvalue weighted by Gasteiger charge is -2.26. The molecule has 0 amide bonds. The number of carbonyl (C=O) groups excluding carboxylic acids is 1. The van der Waals surface area contributed by atoms with Crippen LogP contribution in [-0.2, 0) is 15.6 Å². The lowest BCUT2D eigenvalue weighted by molar-refractivity contribution is -0.121. The number of ketones is 1. The molecule has 0 N–H and O–H groups in total. The second-order valence-corrected chi connectivity index (χ2v) is 7.36. The lowest BCUT2D eigenvalue weighted by atomic mass is 9.73. The zero-order valence-corrected chi connectivity index (χ0v) is 9.26. The van der Waals surface area contributed by atoms with Crippen LogP contribution in [0.15, 0.2) is 12.2 Å². The van der Waals surface area contributed by atoms with Gasteiger partial charge >= 0.3 is 0 Å². The number of hydrogen-bond acceptors (Lipinski definition) is 2. The largest absolute Gasteiger partial charge is 0.299 e. The van der Waals surface area contributed by atoms with Gasteiger partial charge in [-0.05, 0) is 26.2 Å². The number of carbonyl (C=O) groups is 1. The van der Waals surface area contributed by atoms with E-state index in [1.165, 1.54) is 0 Å². The highest BCUT2D eigenvalue weighted by Crippen LogP contribution is 2.60. The molecule has 3 rings (SSSR count). The molecule has 2 heterocycles. The van der Waals surface area contributed by atoms with E-state index in [0.717, 1.165) is 6.42 Å². The van der Waals surface area contributed by atoms with Gasteiger partial charge in [0.25, 0.3) is 0 Å². The first-order valence-corrected chi connectivity index (χ1v) is 6.30. The van der Waals surface area contributed by atoms with E-state index in [-0.39, 0.29) is 15.4 Å². The van der Waals surface area contributed by atoms with Gasteiger partial charge < -0.3 is 0 Å². The van der Waals surface area contributed by atoms with Gasteiger partial charge in [-0.25, -0.2) is 0 Å². The Labute approximate surface area is 86.2 Å². The van der Waals surface area contributed by atoms with Crippen LogP contribution < -0.4 is 0 Å². The second kappa shape index (κ2) is 2.21. The quantitative estimate of drug-likeness (QED) is 0.567. The van der Waals surface area contributed by atoms with Gasteiger partial charge in [0, 0.05) is 23.1 Å². The third-order valence-corrected chi connectivity index (χ3v) is 6.78. The predicted octanol–water partition coefficient (Wildman–Crippen LogP) is 1.43. The van der Waals surface area contributed by atoms with Crippen molar-refractivity contribution in [2.75, 3.05) is 0 Å². The molecule has 1 aliphatic carbocycles. The molecule has 2 aliphatic heterocycles. The normalized spacial score (nSPS) is 59.6. The van der Waals surface area contributed by atoms with Gasteiger partial charge in [-0.3, -0.25) is 9.00 Å². The third-order valence-electron chi connectivity index (χ3n) is 4.35. The standard InChI is InChI=1S/C11H14O2S/c1-10-5-6-11(2,14(10)13)9-7(10)3-4-8(9)12/h5-7,9H,3-4H2,1-2H3/t7-,9-,10?,11+,14?/m0/s1. The summed E-state index contributed by atoms with van der Waals surface area (Å²) in [6.07, 6.45) is 5.74. The van der Waals surface area contributed by atoms with Crippen LogP contribution in [0.5, 0.6) is 0 Å². The van der Waals surface area contributed by atoms with Gasteiger partial charge in [-0.15, -0.1) is 0 Å². The van der Waals surface area contributed by atoms with Crippen LogP contribution in [0.3, 0.4) is 0 Å². The number of Topliss-reactive ketones (excluding diaryl/α,β-unsaturated/α-hetero) is 1. The summed E-state index contributed by atoms with van der Waals surface area (Å²) in [4.78, 5) is 11.8. The average molecular weight is 210 g/mol. The molecule has 2 fully saturated rings. The topological polar surface area (TPSA) is 34.1 Å². The van der Waals surface area contributed by atoms with Crippen LogP contribution in [0.1, 0.15) is 26.7 Å². The summed E-state index contributed by atoms with van der Waals surface area (Å²) < 4.78 is 11.7. The molecule has 2 bridgehead atoms. The fraction of sp³-hybridized carbons (Fsp3) is 0.727. The van der Waals surface area contributed by atoms with Crippen LogP contribution in [0.4, 0.5) is 0 Å². The monoisotopic (exact) mass is 210 g/mol. The van der Waals surface area contributed by atoms with Crippen molar-refractivity contribution in [2.24, 2.45) is 11.8 Å². The SMILES string of the molecule is CC12C=C[C@](C)([C@@H]3C(=O)CC[C@@H]31)S2=O. The number of hydrogen-bond donors (Lipinski definition) is 0. The summed E-state index contributed by atoms with van der Waals surface area (Å²) in [5.41, 5.74) is 0. The Kier molecular flexibility index (Phi) is 1.39. The number of fused-ring (bicyclic) bond motifs is 5. The minimum absolute atomic E-state index is 0.0401. The Hall–Kier alpha value is -0.440. The van der Waals surface area contributed by atoms with Crippen molar-refractivity contribution in [3.8, 4) is 0 Å². The van der Waals surface area contributed by atoms with E-state index in [9.17, 15) is 9.00 Å². The molecular weight excluding hydrogens is 196 g/mol. The van der Waals surface area contributed by atoms with Gasteiger partial charge in [0.15, 0.2) is 0 Å². The van der Waals surface area contributed by atoms with Crippen LogP contribution >= 0.6 is 0 Å². The van der Waals surface area contributed by atoms with Gasteiger partial charge in [0.2, 0.25) is 0 Å². The van der Waals surface area contributed by atoms with E-state index in [0.29, 0.717) is 18.1 Å². The third kappa shape index (κ3) is 0.679. The van der Waals surface area contributed by atoms with Crippen LogP contribution in [0.25, 0.3) is 0 Å². The molecule has 0 spiro atoms. The molecule has 5 atom stereocenters. The molecule has 0 aromatic rings. The minimum atomic E-state index is -0.894. The summed E-state index contributed by atoms with van der Waals surface area (Å²) in [5, 5.41) is 0. The van der Waals surface area contributed by atoms with Gasteiger partial charge in [0.05, 0.1) is 9.49 Å². The Morgan fingerprint density at radius 2 is 2.00 bits per heavy atom. The summed E-state index contributed by atoms with van der Waals surface area (Å²) in [6.45, 7) is 4.03. The van der Waals surface area contributed by atoms with E-state index < -0.39 is 10.8 Å². The highest BCUT2D eigenvalue weighted by Gasteiger charge is 2.68. The maximum atomic E-state index is 12.3. The van der Waals surface area contributed by atoms with Crippen LogP contribution in [0, 0.1) is 11.8 Å². The maximum absolute atomic E-state index is 12.3. The van der Waals surface area contributed by atoms with E-state index in [1.54, 1.807) is 0 Å². The first-order chi connectivity index (χ1) is 6.50. The van der Waals surface area contributed by atoms with Crippen LogP contribution in [0.2, 0.25) is 0 Å². The second-order valence-electron chi connectivity index (χ2n) is 5.06. The van der Waals surface area contributed by atoms with Gasteiger partial charge in [-0.2, -0.15) is 0 Å². The zero-order chi connectivity index (χ0) is 10.1. The highest BCUT2D eigenvalue weighted by atomic mass is 32.2. The number of rotatable bonds is 0. The Bertz CT molecular complexity index is 387. The molecular formula is C11H14O2S. The summed E-state index contributed by atoms with van der Waals surface area (Å²) in [7, 11) is -0.894. The molecule has 3 heteroatoms. The molecule has 1 saturated carbocycles. The lowest BCUT2D eigenvalue weighted by Crippen LogP contribution is -2.35. The van der Waals surface area contributed by atoms with Crippen molar-refractivity contribution in [1.82, 2.24) is 0 Å². The maximum Gasteiger partial charge on any atom is 0.138 e. The fourth-order valence-corrected chi connectivity index (χ4v) is 5.98. The molecule has 14 heavy (non-hydrogen) atoms. The molecule has 3 aliphatic rings. The molecule has 0 aromatic carbocycles. The van der Waals surface area contributed by atoms with Crippen molar-refractivity contribution in [1.29, 1.82) is 0 Å². The highest BCUT2D eigenvalue weighted by molar-refractivity contribution is 7.89. The zero-order valence-electron chi connectivity index (χ0n) is 8.45. The average Bonchev–Trinajstić information content (AvgIpc) is 2.68. The van der Waals surface area contributed by atoms with E-state index in [4.69, 9.17) is 0 Å². The molecule has 76 valence electrons. The fourth-order valence-electron chi connectivity index (χ4n) is 3.59. The summed E-state index contributed by atoms with van der Waals surface area (Å²) >= 11 is 0. The van der Waals surface area contributed by atoms with E-state index in [2.05, 4.69) is 6.08 Å². The minimum Gasteiger partial charge on any atom is -0.299 e. The van der Waals surface area contributed by atoms with Gasteiger partial charge in [-0.1, -0.05) is 12.2 Å². The molecule has 2 nitrogen and oxygen atoms in total. The van der Waals surface area contributed by atoms with Crippen molar-refractivity contribution in [3.05, 3.63) is 12.2 Å². The predicted molar refractivity (Wildman–Crippen MR) is 55.3 cm³/mol. The Morgan fingerprint density at radius 3 is 2.64 bits per heavy atom. The van der Waals surface area contributed by atoms with Gasteiger partial charge in [0.1, 0.15) is 5.78 Å². The van der Waals surface area contributed by atoms with E-state index >= 15 is 0 Å². The Morgan fingerprint density at radius 1 is 1.36 bits per heavy atom. The first kappa shape index (κ1) is 8.84. The van der Waals surface area contributed by atoms with Crippen LogP contribution in [-0.4, -0.2) is 19.5 Å². The Balaban J connectivity index is 2.22. The van der Waals surface area contributed by atoms with Crippen molar-refractivity contribution in [3.63, 3.8) is 0 Å². The molecule has 1 saturated heterocycles. The van der Waals surface area contributed by atoms with Crippen molar-refractivity contribution in [2.45, 2.75) is 36.2 Å². The summed E-state index contributed by atoms with van der Waals surface area (Å²) in [5.74, 6) is 0.711. The summed E-state index contributed by atoms with van der Waals surface area (Å²) in [6, 6.07) is 0. The molecule has 0 aromatic heterocycles. The van der Waals surface area contributed by atoms with Crippen molar-refractivity contribution >= 4 is 16.6 Å². The van der Waals surface area contributed by atoms with Crippen molar-refractivity contribution < 1.29 is 9.00 Å². The molecule has 2 unspecified atom stereocenters.